The Hall–Kier alpha value is -2.41. The summed E-state index contributed by atoms with van der Waals surface area (Å²) in [5, 5.41) is 15.5. The lowest BCUT2D eigenvalue weighted by molar-refractivity contribution is -0.386. The lowest BCUT2D eigenvalue weighted by Crippen LogP contribution is -1.99. The molecule has 0 amide bonds. The maximum Gasteiger partial charge on any atom is 0.354 e. The van der Waals surface area contributed by atoms with Crippen LogP contribution < -0.4 is 10.5 Å². The van der Waals surface area contributed by atoms with Crippen LogP contribution >= 0.6 is 0 Å². The molecule has 1 aromatic heterocycles. The number of benzene rings is 1. The van der Waals surface area contributed by atoms with E-state index in [0.717, 1.165) is 5.56 Å². The maximum absolute atomic E-state index is 11.3. The monoisotopic (exact) mass is 290 g/mol. The van der Waals surface area contributed by atoms with E-state index in [2.05, 4.69) is 5.10 Å². The van der Waals surface area contributed by atoms with Crippen LogP contribution in [-0.4, -0.2) is 14.7 Å². The molecule has 0 aliphatic carbocycles. The molecular formula is C14H18N4O3. The molecule has 0 saturated heterocycles. The number of rotatable bonds is 5. The minimum absolute atomic E-state index is 0.0654. The van der Waals surface area contributed by atoms with Crippen molar-refractivity contribution in [3.05, 3.63) is 45.6 Å². The predicted octanol–water partition coefficient (Wildman–Crippen LogP) is 2.70. The highest BCUT2D eigenvalue weighted by Gasteiger charge is 2.30. The van der Waals surface area contributed by atoms with Crippen molar-refractivity contribution in [2.24, 2.45) is 12.8 Å². The fourth-order valence-corrected chi connectivity index (χ4v) is 2.04. The normalized spacial score (nSPS) is 10.9. The van der Waals surface area contributed by atoms with Gasteiger partial charge in [-0.3, -0.25) is 10.1 Å². The van der Waals surface area contributed by atoms with Gasteiger partial charge in [-0.2, -0.15) is 5.10 Å². The minimum Gasteiger partial charge on any atom is -0.434 e. The van der Waals surface area contributed by atoms with Crippen molar-refractivity contribution in [3.63, 3.8) is 0 Å². The van der Waals surface area contributed by atoms with Crippen molar-refractivity contribution in [1.82, 2.24) is 9.78 Å². The van der Waals surface area contributed by atoms with Crippen LogP contribution in [0, 0.1) is 10.1 Å². The van der Waals surface area contributed by atoms with Crippen molar-refractivity contribution in [3.8, 4) is 11.6 Å². The molecular weight excluding hydrogens is 272 g/mol. The van der Waals surface area contributed by atoms with Gasteiger partial charge in [0.1, 0.15) is 11.4 Å². The molecule has 0 fully saturated rings. The van der Waals surface area contributed by atoms with Gasteiger partial charge in [0.2, 0.25) is 0 Å². The van der Waals surface area contributed by atoms with Crippen LogP contribution in [0.5, 0.6) is 11.6 Å². The van der Waals surface area contributed by atoms with Gasteiger partial charge < -0.3 is 10.5 Å². The third kappa shape index (κ3) is 3.03. The van der Waals surface area contributed by atoms with Gasteiger partial charge in [-0.15, -0.1) is 0 Å². The molecule has 21 heavy (non-hydrogen) atoms. The molecule has 0 spiro atoms. The molecule has 2 aromatic rings. The Kier molecular flexibility index (Phi) is 4.23. The Bertz CT molecular complexity index is 664. The van der Waals surface area contributed by atoms with E-state index < -0.39 is 4.92 Å². The molecule has 2 N–H and O–H groups in total. The van der Waals surface area contributed by atoms with Crippen molar-refractivity contribution < 1.29 is 9.66 Å². The number of hydrogen-bond acceptors (Lipinski definition) is 5. The van der Waals surface area contributed by atoms with Crippen molar-refractivity contribution in [2.75, 3.05) is 0 Å². The highest BCUT2D eigenvalue weighted by Crippen LogP contribution is 2.37. The maximum atomic E-state index is 11.3. The molecule has 112 valence electrons. The molecule has 0 saturated carbocycles. The summed E-state index contributed by atoms with van der Waals surface area (Å²) in [5.74, 6) is 0.557. The van der Waals surface area contributed by atoms with Gasteiger partial charge in [-0.05, 0) is 17.7 Å². The number of aryl methyl sites for hydroxylation is 1. The second kappa shape index (κ2) is 5.92. The van der Waals surface area contributed by atoms with Gasteiger partial charge in [-0.25, -0.2) is 4.68 Å². The van der Waals surface area contributed by atoms with Crippen molar-refractivity contribution in [1.29, 1.82) is 0 Å². The van der Waals surface area contributed by atoms with Crippen molar-refractivity contribution >= 4 is 5.69 Å². The molecule has 7 heteroatoms. The first-order chi connectivity index (χ1) is 9.93. The third-order valence-electron chi connectivity index (χ3n) is 3.07. The quantitative estimate of drug-likeness (QED) is 0.674. The molecule has 0 atom stereocenters. The second-order valence-corrected chi connectivity index (χ2v) is 5.03. The zero-order valence-corrected chi connectivity index (χ0v) is 12.2. The Balaban J connectivity index is 2.45. The van der Waals surface area contributed by atoms with Gasteiger partial charge in [-0.1, -0.05) is 26.0 Å². The smallest absolute Gasteiger partial charge is 0.354 e. The van der Waals surface area contributed by atoms with Crippen LogP contribution in [0.4, 0.5) is 5.69 Å². The second-order valence-electron chi connectivity index (χ2n) is 5.03. The van der Waals surface area contributed by atoms with Gasteiger partial charge in [0, 0.05) is 19.5 Å². The summed E-state index contributed by atoms with van der Waals surface area (Å²) in [6.45, 7) is 4.09. The number of nitro groups is 1. The number of nitrogens with zero attached hydrogens (tertiary/aromatic N) is 3. The Labute approximate surface area is 122 Å². The van der Waals surface area contributed by atoms with Crippen LogP contribution in [0.2, 0.25) is 0 Å². The zero-order valence-electron chi connectivity index (χ0n) is 12.2. The molecule has 2 rings (SSSR count). The third-order valence-corrected chi connectivity index (χ3v) is 3.07. The van der Waals surface area contributed by atoms with E-state index in [-0.39, 0.29) is 17.5 Å². The fraction of sp³-hybridized carbons (Fsp3) is 0.357. The molecule has 0 radical (unpaired) electrons. The van der Waals surface area contributed by atoms with E-state index in [1.807, 2.05) is 19.9 Å². The van der Waals surface area contributed by atoms with Gasteiger partial charge >= 0.3 is 5.69 Å². The molecule has 0 bridgehead atoms. The highest BCUT2D eigenvalue weighted by molar-refractivity contribution is 5.49. The predicted molar refractivity (Wildman–Crippen MR) is 78.4 cm³/mol. The van der Waals surface area contributed by atoms with Crippen LogP contribution in [0.1, 0.15) is 31.0 Å². The standard InChI is InChI=1S/C14H18N4O3/c1-9(2)12-13(18(19)20)14(17(3)16-12)21-11-6-4-5-10(7-11)8-15/h4-7,9H,8,15H2,1-3H3. The first-order valence-electron chi connectivity index (χ1n) is 6.62. The molecule has 0 unspecified atom stereocenters. The SMILES string of the molecule is CC(C)c1nn(C)c(Oc2cccc(CN)c2)c1[N+](=O)[O-]. The van der Waals surface area contributed by atoms with E-state index in [1.165, 1.54) is 4.68 Å². The summed E-state index contributed by atoms with van der Waals surface area (Å²) in [7, 11) is 1.63. The average molecular weight is 290 g/mol. The highest BCUT2D eigenvalue weighted by atomic mass is 16.6. The minimum atomic E-state index is -0.454. The average Bonchev–Trinajstić information content (AvgIpc) is 2.77. The number of nitrogens with two attached hydrogens (primary N) is 1. The summed E-state index contributed by atoms with van der Waals surface area (Å²) in [6.07, 6.45) is 0. The number of ether oxygens (including phenoxy) is 1. The Morgan fingerprint density at radius 2 is 2.19 bits per heavy atom. The van der Waals surface area contributed by atoms with Gasteiger partial charge in [0.25, 0.3) is 5.88 Å². The lowest BCUT2D eigenvalue weighted by atomic mass is 10.1. The molecule has 1 aromatic carbocycles. The molecule has 0 aliphatic heterocycles. The van der Waals surface area contributed by atoms with Gasteiger partial charge in [0.15, 0.2) is 0 Å². The Morgan fingerprint density at radius 3 is 2.76 bits per heavy atom. The van der Waals surface area contributed by atoms with Crippen LogP contribution in [0.25, 0.3) is 0 Å². The summed E-state index contributed by atoms with van der Waals surface area (Å²) >= 11 is 0. The largest absolute Gasteiger partial charge is 0.434 e. The van der Waals surface area contributed by atoms with Crippen LogP contribution in [0.3, 0.4) is 0 Å². The van der Waals surface area contributed by atoms with E-state index in [9.17, 15) is 10.1 Å². The van der Waals surface area contributed by atoms with E-state index >= 15 is 0 Å². The van der Waals surface area contributed by atoms with Crippen LogP contribution in [0.15, 0.2) is 24.3 Å². The number of hydrogen-bond donors (Lipinski definition) is 1. The van der Waals surface area contributed by atoms with E-state index in [4.69, 9.17) is 10.5 Å². The molecule has 1 heterocycles. The van der Waals surface area contributed by atoms with E-state index in [1.54, 1.807) is 25.2 Å². The summed E-state index contributed by atoms with van der Waals surface area (Å²) in [5.41, 5.74) is 6.79. The fourth-order valence-electron chi connectivity index (χ4n) is 2.04. The Morgan fingerprint density at radius 1 is 1.48 bits per heavy atom. The summed E-state index contributed by atoms with van der Waals surface area (Å²) < 4.78 is 7.07. The number of aromatic nitrogens is 2. The molecule has 0 aliphatic rings. The molecule has 7 nitrogen and oxygen atoms in total. The van der Waals surface area contributed by atoms with Gasteiger partial charge in [0.05, 0.1) is 4.92 Å². The first kappa shape index (κ1) is 15.0. The van der Waals surface area contributed by atoms with E-state index in [0.29, 0.717) is 18.0 Å². The summed E-state index contributed by atoms with van der Waals surface area (Å²) in [6, 6.07) is 7.14. The van der Waals surface area contributed by atoms with Crippen molar-refractivity contribution in [2.45, 2.75) is 26.3 Å². The van der Waals surface area contributed by atoms with Crippen LogP contribution in [-0.2, 0) is 13.6 Å². The first-order valence-corrected chi connectivity index (χ1v) is 6.62. The lowest BCUT2D eigenvalue weighted by Gasteiger charge is -2.06. The summed E-state index contributed by atoms with van der Waals surface area (Å²) in [4.78, 5) is 10.9. The topological polar surface area (TPSA) is 96.2 Å². The zero-order chi connectivity index (χ0) is 15.6.